The van der Waals surface area contributed by atoms with Crippen LogP contribution in [-0.2, 0) is 4.79 Å². The molecule has 1 aliphatic rings. The lowest BCUT2D eigenvalue weighted by Gasteiger charge is -2.41. The van der Waals surface area contributed by atoms with Crippen molar-refractivity contribution in [3.8, 4) is 0 Å². The van der Waals surface area contributed by atoms with Gasteiger partial charge in [-0.05, 0) is 48.7 Å². The van der Waals surface area contributed by atoms with E-state index in [2.05, 4.69) is 10.6 Å². The Labute approximate surface area is 145 Å². The highest BCUT2D eigenvalue weighted by atomic mass is 19.1. The van der Waals surface area contributed by atoms with Gasteiger partial charge < -0.3 is 15.5 Å². The summed E-state index contributed by atoms with van der Waals surface area (Å²) >= 11 is 0. The fraction of sp³-hybridized carbons (Fsp3) is 0.263. The van der Waals surface area contributed by atoms with E-state index in [0.29, 0.717) is 17.9 Å². The molecule has 0 bridgehead atoms. The van der Waals surface area contributed by atoms with Crippen molar-refractivity contribution in [1.82, 2.24) is 4.90 Å². The van der Waals surface area contributed by atoms with Gasteiger partial charge in [0.15, 0.2) is 0 Å². The quantitative estimate of drug-likeness (QED) is 0.884. The van der Waals surface area contributed by atoms with Crippen LogP contribution >= 0.6 is 0 Å². The number of hydrogen-bond acceptors (Lipinski definition) is 2. The molecular formula is C19H20FN3O2. The Hall–Kier alpha value is -2.89. The number of carbonyl (C=O) groups excluding carboxylic acids is 2. The number of hydrogen-bond donors (Lipinski definition) is 2. The molecule has 0 aliphatic carbocycles. The van der Waals surface area contributed by atoms with E-state index >= 15 is 0 Å². The zero-order valence-electron chi connectivity index (χ0n) is 14.2. The zero-order chi connectivity index (χ0) is 18.0. The highest BCUT2D eigenvalue weighted by Gasteiger charge is 2.33. The Morgan fingerprint density at radius 1 is 1.12 bits per heavy atom. The average Bonchev–Trinajstić information content (AvgIpc) is 2.51. The topological polar surface area (TPSA) is 61.4 Å². The summed E-state index contributed by atoms with van der Waals surface area (Å²) in [5, 5.41) is 5.60. The first kappa shape index (κ1) is 17.0. The first-order valence-electron chi connectivity index (χ1n) is 8.15. The van der Waals surface area contributed by atoms with Crippen LogP contribution in [0.4, 0.5) is 20.6 Å². The van der Waals surface area contributed by atoms with Gasteiger partial charge in [-0.15, -0.1) is 0 Å². The summed E-state index contributed by atoms with van der Waals surface area (Å²) in [7, 11) is 0. The van der Waals surface area contributed by atoms with E-state index in [0.717, 1.165) is 17.5 Å². The van der Waals surface area contributed by atoms with Crippen molar-refractivity contribution in [2.45, 2.75) is 26.3 Å². The second kappa shape index (κ2) is 6.93. The first-order valence-corrected chi connectivity index (χ1v) is 8.15. The molecule has 1 unspecified atom stereocenters. The van der Waals surface area contributed by atoms with E-state index in [1.54, 1.807) is 29.2 Å². The Bertz CT molecular complexity index is 805. The molecule has 0 aromatic heterocycles. The molecule has 1 fully saturated rings. The lowest BCUT2D eigenvalue weighted by Crippen LogP contribution is -2.47. The van der Waals surface area contributed by atoms with Gasteiger partial charge in [0, 0.05) is 24.8 Å². The van der Waals surface area contributed by atoms with Crippen molar-refractivity contribution in [3.05, 3.63) is 59.4 Å². The van der Waals surface area contributed by atoms with Crippen LogP contribution in [-0.4, -0.2) is 23.4 Å². The zero-order valence-corrected chi connectivity index (χ0v) is 14.2. The molecular weight excluding hydrogens is 321 g/mol. The van der Waals surface area contributed by atoms with Crippen molar-refractivity contribution in [3.63, 3.8) is 0 Å². The lowest BCUT2D eigenvalue weighted by molar-refractivity contribution is -0.114. The summed E-state index contributed by atoms with van der Waals surface area (Å²) in [6, 6.07) is 11.4. The van der Waals surface area contributed by atoms with Crippen molar-refractivity contribution in [2.24, 2.45) is 0 Å². The van der Waals surface area contributed by atoms with Crippen molar-refractivity contribution >= 4 is 23.3 Å². The summed E-state index contributed by atoms with van der Waals surface area (Å²) in [6.45, 7) is 3.98. The summed E-state index contributed by atoms with van der Waals surface area (Å²) < 4.78 is 13.1. The van der Waals surface area contributed by atoms with Crippen LogP contribution in [0.15, 0.2) is 42.5 Å². The number of rotatable bonds is 3. The maximum Gasteiger partial charge on any atom is 0.322 e. The van der Waals surface area contributed by atoms with Gasteiger partial charge in [0.2, 0.25) is 5.91 Å². The maximum atomic E-state index is 13.1. The van der Waals surface area contributed by atoms with Crippen LogP contribution in [0.25, 0.3) is 0 Å². The van der Waals surface area contributed by atoms with Crippen molar-refractivity contribution in [1.29, 1.82) is 0 Å². The van der Waals surface area contributed by atoms with Crippen LogP contribution in [0.1, 0.15) is 30.5 Å². The van der Waals surface area contributed by atoms with E-state index in [1.807, 2.05) is 13.0 Å². The Morgan fingerprint density at radius 2 is 1.84 bits per heavy atom. The third-order valence-corrected chi connectivity index (χ3v) is 4.33. The molecule has 130 valence electrons. The minimum absolute atomic E-state index is 0.0409. The molecule has 0 radical (unpaired) electrons. The number of carbonyl (C=O) groups is 2. The molecule has 2 aromatic carbocycles. The molecule has 5 nitrogen and oxygen atoms in total. The van der Waals surface area contributed by atoms with E-state index in [1.165, 1.54) is 19.1 Å². The summed E-state index contributed by atoms with van der Waals surface area (Å²) in [5.41, 5.74) is 3.13. The van der Waals surface area contributed by atoms with Gasteiger partial charge in [0.05, 0.1) is 6.04 Å². The van der Waals surface area contributed by atoms with E-state index in [9.17, 15) is 14.0 Å². The number of aryl methyl sites for hydroxylation is 1. The molecule has 2 N–H and O–H groups in total. The SMILES string of the molecule is CC(=O)Nc1cc(NC(=O)N2CCC2c2ccc(F)cc2)ccc1C. The molecule has 25 heavy (non-hydrogen) atoms. The second-order valence-electron chi connectivity index (χ2n) is 6.19. The van der Waals surface area contributed by atoms with Crippen molar-refractivity contribution < 1.29 is 14.0 Å². The number of benzene rings is 2. The van der Waals surface area contributed by atoms with Gasteiger partial charge >= 0.3 is 6.03 Å². The highest BCUT2D eigenvalue weighted by Crippen LogP contribution is 2.34. The van der Waals surface area contributed by atoms with E-state index in [4.69, 9.17) is 0 Å². The van der Waals surface area contributed by atoms with Crippen LogP contribution in [0.3, 0.4) is 0 Å². The van der Waals surface area contributed by atoms with Crippen LogP contribution in [0, 0.1) is 12.7 Å². The number of urea groups is 1. The maximum absolute atomic E-state index is 13.1. The van der Waals surface area contributed by atoms with Gasteiger partial charge in [0.25, 0.3) is 0 Å². The molecule has 1 saturated heterocycles. The number of likely N-dealkylation sites (tertiary alicyclic amines) is 1. The van der Waals surface area contributed by atoms with Gasteiger partial charge in [-0.25, -0.2) is 9.18 Å². The average molecular weight is 341 g/mol. The molecule has 2 aromatic rings. The van der Waals surface area contributed by atoms with Gasteiger partial charge in [-0.3, -0.25) is 4.79 Å². The van der Waals surface area contributed by atoms with Gasteiger partial charge in [-0.2, -0.15) is 0 Å². The smallest absolute Gasteiger partial charge is 0.322 e. The van der Waals surface area contributed by atoms with Crippen molar-refractivity contribution in [2.75, 3.05) is 17.2 Å². The third-order valence-electron chi connectivity index (χ3n) is 4.33. The molecule has 3 amide bonds. The number of amides is 3. The molecule has 6 heteroatoms. The predicted molar refractivity (Wildman–Crippen MR) is 95.0 cm³/mol. The minimum atomic E-state index is -0.288. The number of nitrogens with zero attached hydrogens (tertiary/aromatic N) is 1. The van der Waals surface area contributed by atoms with E-state index < -0.39 is 0 Å². The Kier molecular flexibility index (Phi) is 4.70. The molecule has 1 atom stereocenters. The number of halogens is 1. The van der Waals surface area contributed by atoms with Crippen LogP contribution < -0.4 is 10.6 Å². The lowest BCUT2D eigenvalue weighted by atomic mass is 9.95. The normalized spacial score (nSPS) is 16.1. The standard InChI is InChI=1S/C19H20FN3O2/c1-12-3-8-16(11-17(12)21-13(2)24)22-19(25)23-10-9-18(23)14-4-6-15(20)7-5-14/h3-8,11,18H,9-10H2,1-2H3,(H,21,24)(H,22,25). The monoisotopic (exact) mass is 341 g/mol. The van der Waals surface area contributed by atoms with Gasteiger partial charge in [0.1, 0.15) is 5.82 Å². The predicted octanol–water partition coefficient (Wildman–Crippen LogP) is 4.07. The molecule has 0 saturated carbocycles. The molecule has 1 heterocycles. The number of anilines is 2. The largest absolute Gasteiger partial charge is 0.326 e. The fourth-order valence-corrected chi connectivity index (χ4v) is 2.88. The summed E-state index contributed by atoms with van der Waals surface area (Å²) in [6.07, 6.45) is 0.851. The summed E-state index contributed by atoms with van der Waals surface area (Å²) in [4.78, 5) is 25.5. The summed E-state index contributed by atoms with van der Waals surface area (Å²) in [5.74, 6) is -0.449. The Morgan fingerprint density at radius 3 is 2.44 bits per heavy atom. The van der Waals surface area contributed by atoms with Crippen LogP contribution in [0.2, 0.25) is 0 Å². The molecule has 3 rings (SSSR count). The molecule has 1 aliphatic heterocycles. The highest BCUT2D eigenvalue weighted by molar-refractivity contribution is 5.93. The van der Waals surface area contributed by atoms with Gasteiger partial charge in [-0.1, -0.05) is 18.2 Å². The fourth-order valence-electron chi connectivity index (χ4n) is 2.88. The molecule has 0 spiro atoms. The van der Waals surface area contributed by atoms with Crippen LogP contribution in [0.5, 0.6) is 0 Å². The minimum Gasteiger partial charge on any atom is -0.326 e. The Balaban J connectivity index is 1.70. The number of nitrogens with one attached hydrogen (secondary N) is 2. The second-order valence-corrected chi connectivity index (χ2v) is 6.19. The van der Waals surface area contributed by atoms with E-state index in [-0.39, 0.29) is 23.8 Å². The first-order chi connectivity index (χ1) is 11.9. The third kappa shape index (κ3) is 3.79.